The second-order valence-electron chi connectivity index (χ2n) is 6.01. The Balaban J connectivity index is 2.10. The highest BCUT2D eigenvalue weighted by molar-refractivity contribution is 7.92. The van der Waals surface area contributed by atoms with Crippen LogP contribution in [0.3, 0.4) is 0 Å². The molecule has 0 aliphatic carbocycles. The van der Waals surface area contributed by atoms with E-state index < -0.39 is 22.0 Å². The lowest BCUT2D eigenvalue weighted by molar-refractivity contribution is -0.118. The van der Waals surface area contributed by atoms with Crippen LogP contribution < -0.4 is 20.3 Å². The van der Waals surface area contributed by atoms with E-state index in [9.17, 15) is 18.0 Å². The number of carbonyl (C=O) groups is 2. The summed E-state index contributed by atoms with van der Waals surface area (Å²) in [4.78, 5) is 25.5. The van der Waals surface area contributed by atoms with Gasteiger partial charge in [0.2, 0.25) is 15.9 Å². The second kappa shape index (κ2) is 8.19. The minimum atomic E-state index is -3.38. The van der Waals surface area contributed by atoms with Crippen molar-refractivity contribution in [2.24, 2.45) is 0 Å². The highest BCUT2D eigenvalue weighted by atomic mass is 32.2. The minimum Gasteiger partial charge on any atom is -0.362 e. The Bertz CT molecular complexity index is 749. The molecule has 3 amide bonds. The standard InChI is InChI=1S/C16H24N4O4S/c1-3-9-17-16(22)18-15(21)11-20-10-5-6-12-13(19-25(2,23)24)7-4-8-14(12)20/h4,7-8,19H,3,5-6,9-11H2,1-2H3,(H2,17,18,21,22). The monoisotopic (exact) mass is 368 g/mol. The highest BCUT2D eigenvalue weighted by Crippen LogP contribution is 2.33. The SMILES string of the molecule is CCCNC(=O)NC(=O)CN1CCCc2c(NS(C)(=O)=O)cccc21. The molecule has 0 radical (unpaired) electrons. The lowest BCUT2D eigenvalue weighted by Crippen LogP contribution is -2.45. The van der Waals surface area contributed by atoms with Crippen LogP contribution in [0.25, 0.3) is 0 Å². The first-order valence-electron chi connectivity index (χ1n) is 8.22. The summed E-state index contributed by atoms with van der Waals surface area (Å²) in [5.74, 6) is -0.400. The zero-order chi connectivity index (χ0) is 18.4. The van der Waals surface area contributed by atoms with E-state index >= 15 is 0 Å². The van der Waals surface area contributed by atoms with Gasteiger partial charge in [-0.05, 0) is 37.0 Å². The van der Waals surface area contributed by atoms with Crippen molar-refractivity contribution in [3.05, 3.63) is 23.8 Å². The number of hydrogen-bond donors (Lipinski definition) is 3. The van der Waals surface area contributed by atoms with Gasteiger partial charge in [-0.3, -0.25) is 14.8 Å². The first-order valence-corrected chi connectivity index (χ1v) is 10.1. The number of carbonyl (C=O) groups excluding carboxylic acids is 2. The summed E-state index contributed by atoms with van der Waals surface area (Å²) in [6, 6.07) is 4.81. The number of anilines is 2. The Kier molecular flexibility index (Phi) is 6.24. The fraction of sp³-hybridized carbons (Fsp3) is 0.500. The van der Waals surface area contributed by atoms with E-state index in [4.69, 9.17) is 0 Å². The summed E-state index contributed by atoms with van der Waals surface area (Å²) in [6.45, 7) is 3.13. The van der Waals surface area contributed by atoms with E-state index in [-0.39, 0.29) is 6.54 Å². The van der Waals surface area contributed by atoms with Crippen molar-refractivity contribution in [2.75, 3.05) is 35.5 Å². The van der Waals surface area contributed by atoms with Gasteiger partial charge in [0, 0.05) is 18.8 Å². The average Bonchev–Trinajstić information content (AvgIpc) is 2.52. The van der Waals surface area contributed by atoms with Crippen molar-refractivity contribution in [3.63, 3.8) is 0 Å². The largest absolute Gasteiger partial charge is 0.362 e. The maximum atomic E-state index is 12.1. The van der Waals surface area contributed by atoms with Crippen molar-refractivity contribution in [1.82, 2.24) is 10.6 Å². The van der Waals surface area contributed by atoms with Gasteiger partial charge in [0.15, 0.2) is 0 Å². The fourth-order valence-electron chi connectivity index (χ4n) is 2.78. The fourth-order valence-corrected chi connectivity index (χ4v) is 3.37. The molecular formula is C16H24N4O4S. The predicted octanol–water partition coefficient (Wildman–Crippen LogP) is 1.05. The summed E-state index contributed by atoms with van der Waals surface area (Å²) < 4.78 is 25.6. The highest BCUT2D eigenvalue weighted by Gasteiger charge is 2.22. The normalized spacial score (nSPS) is 13.8. The molecule has 1 aromatic carbocycles. The minimum absolute atomic E-state index is 0.0366. The van der Waals surface area contributed by atoms with Gasteiger partial charge in [0.1, 0.15) is 0 Å². The topological polar surface area (TPSA) is 108 Å². The van der Waals surface area contributed by atoms with E-state index in [1.54, 1.807) is 12.1 Å². The molecule has 1 heterocycles. The second-order valence-corrected chi connectivity index (χ2v) is 7.76. The van der Waals surface area contributed by atoms with Crippen LogP contribution in [0.5, 0.6) is 0 Å². The third-order valence-corrected chi connectivity index (χ3v) is 4.36. The maximum Gasteiger partial charge on any atom is 0.321 e. The summed E-state index contributed by atoms with van der Waals surface area (Å²) in [7, 11) is -3.38. The first kappa shape index (κ1) is 19.0. The molecule has 0 saturated carbocycles. The molecule has 138 valence electrons. The van der Waals surface area contributed by atoms with Gasteiger partial charge < -0.3 is 10.2 Å². The van der Waals surface area contributed by atoms with Gasteiger partial charge in [-0.1, -0.05) is 13.0 Å². The number of urea groups is 1. The number of nitrogens with one attached hydrogen (secondary N) is 3. The zero-order valence-electron chi connectivity index (χ0n) is 14.5. The smallest absolute Gasteiger partial charge is 0.321 e. The number of amides is 3. The molecule has 0 spiro atoms. The van der Waals surface area contributed by atoms with E-state index in [2.05, 4.69) is 15.4 Å². The molecule has 0 atom stereocenters. The van der Waals surface area contributed by atoms with Crippen LogP contribution in [0.1, 0.15) is 25.3 Å². The molecule has 0 bridgehead atoms. The summed E-state index contributed by atoms with van der Waals surface area (Å²) in [5, 5.41) is 4.89. The van der Waals surface area contributed by atoms with Crippen molar-refractivity contribution in [1.29, 1.82) is 0 Å². The maximum absolute atomic E-state index is 12.1. The van der Waals surface area contributed by atoms with Gasteiger partial charge in [-0.2, -0.15) is 0 Å². The Morgan fingerprint density at radius 1 is 1.28 bits per heavy atom. The third-order valence-electron chi connectivity index (χ3n) is 3.77. The molecule has 3 N–H and O–H groups in total. The third kappa shape index (κ3) is 5.63. The Labute approximate surface area is 148 Å². The summed E-state index contributed by atoms with van der Waals surface area (Å²) in [6.07, 6.45) is 3.42. The lowest BCUT2D eigenvalue weighted by Gasteiger charge is -2.31. The van der Waals surface area contributed by atoms with Crippen LogP contribution >= 0.6 is 0 Å². The Hall–Kier alpha value is -2.29. The van der Waals surface area contributed by atoms with E-state index in [0.717, 1.165) is 36.8 Å². The number of fused-ring (bicyclic) bond motifs is 1. The molecule has 25 heavy (non-hydrogen) atoms. The van der Waals surface area contributed by atoms with Crippen LogP contribution in [0.4, 0.5) is 16.2 Å². The van der Waals surface area contributed by atoms with Gasteiger partial charge in [0.05, 0.1) is 18.5 Å². The lowest BCUT2D eigenvalue weighted by atomic mass is 10.00. The van der Waals surface area contributed by atoms with E-state index in [1.165, 1.54) is 0 Å². The number of rotatable bonds is 6. The average molecular weight is 368 g/mol. The molecule has 1 aromatic rings. The molecule has 1 aliphatic heterocycles. The molecule has 0 unspecified atom stereocenters. The van der Waals surface area contributed by atoms with Gasteiger partial charge in [-0.15, -0.1) is 0 Å². The van der Waals surface area contributed by atoms with Crippen LogP contribution in [-0.4, -0.2) is 46.2 Å². The van der Waals surface area contributed by atoms with Crippen molar-refractivity contribution in [3.8, 4) is 0 Å². The molecule has 2 rings (SSSR count). The van der Waals surface area contributed by atoms with Crippen molar-refractivity contribution >= 4 is 33.3 Å². The van der Waals surface area contributed by atoms with Gasteiger partial charge in [-0.25, -0.2) is 13.2 Å². The zero-order valence-corrected chi connectivity index (χ0v) is 15.3. The number of benzene rings is 1. The molecular weight excluding hydrogens is 344 g/mol. The van der Waals surface area contributed by atoms with Crippen LogP contribution in [-0.2, 0) is 21.2 Å². The molecule has 0 fully saturated rings. The first-order chi connectivity index (χ1) is 11.8. The molecule has 9 heteroatoms. The predicted molar refractivity (Wildman–Crippen MR) is 97.3 cm³/mol. The van der Waals surface area contributed by atoms with Gasteiger partial charge >= 0.3 is 6.03 Å². The summed E-state index contributed by atoms with van der Waals surface area (Å²) in [5.41, 5.74) is 2.21. The van der Waals surface area contributed by atoms with Crippen LogP contribution in [0.2, 0.25) is 0 Å². The van der Waals surface area contributed by atoms with Crippen LogP contribution in [0.15, 0.2) is 18.2 Å². The molecule has 1 aliphatic rings. The molecule has 0 saturated heterocycles. The molecule has 8 nitrogen and oxygen atoms in total. The number of sulfonamides is 1. The Morgan fingerprint density at radius 3 is 2.72 bits per heavy atom. The number of imide groups is 1. The molecule has 0 aromatic heterocycles. The van der Waals surface area contributed by atoms with Gasteiger partial charge in [0.25, 0.3) is 0 Å². The van der Waals surface area contributed by atoms with E-state index in [1.807, 2.05) is 17.9 Å². The van der Waals surface area contributed by atoms with Crippen molar-refractivity contribution < 1.29 is 18.0 Å². The number of hydrogen-bond acceptors (Lipinski definition) is 5. The van der Waals surface area contributed by atoms with Crippen molar-refractivity contribution in [2.45, 2.75) is 26.2 Å². The van der Waals surface area contributed by atoms with E-state index in [0.29, 0.717) is 18.8 Å². The quantitative estimate of drug-likeness (QED) is 0.696. The summed E-state index contributed by atoms with van der Waals surface area (Å²) >= 11 is 0. The number of nitrogens with zero attached hydrogens (tertiary/aromatic N) is 1. The van der Waals surface area contributed by atoms with Crippen LogP contribution in [0, 0.1) is 0 Å². The Morgan fingerprint density at radius 2 is 2.04 bits per heavy atom.